The van der Waals surface area contributed by atoms with Crippen molar-refractivity contribution in [1.29, 1.82) is 0 Å². The molecule has 1 atom stereocenters. The lowest BCUT2D eigenvalue weighted by Gasteiger charge is -2.13. The second-order valence-electron chi connectivity index (χ2n) is 8.65. The van der Waals surface area contributed by atoms with Crippen LogP contribution in [0.2, 0.25) is 0 Å². The molecule has 38 heavy (non-hydrogen) atoms. The molecule has 0 fully saturated rings. The highest BCUT2D eigenvalue weighted by Gasteiger charge is 2.25. The minimum Gasteiger partial charge on any atom is -0.494 e. The minimum atomic E-state index is -0.218. The van der Waals surface area contributed by atoms with Gasteiger partial charge in [0.05, 0.1) is 52.7 Å². The summed E-state index contributed by atoms with van der Waals surface area (Å²) in [5.41, 5.74) is 10.6. The van der Waals surface area contributed by atoms with Gasteiger partial charge >= 0.3 is 5.97 Å². The summed E-state index contributed by atoms with van der Waals surface area (Å²) in [5.74, 6) is 2.44. The molecule has 2 aromatic rings. The van der Waals surface area contributed by atoms with Gasteiger partial charge in [-0.1, -0.05) is 11.2 Å². The Morgan fingerprint density at radius 3 is 2.29 bits per heavy atom. The van der Waals surface area contributed by atoms with Gasteiger partial charge in [-0.3, -0.25) is 4.79 Å². The molecule has 3 rings (SSSR count). The number of carbonyl (C=O) groups excluding carboxylic acids is 1. The molecular weight excluding hydrogens is 490 g/mol. The number of esters is 1. The Kier molecular flexibility index (Phi) is 13.1. The van der Waals surface area contributed by atoms with E-state index in [1.54, 1.807) is 0 Å². The number of hydrogen-bond acceptors (Lipinski definition) is 8. The summed E-state index contributed by atoms with van der Waals surface area (Å²) in [5, 5.41) is 3.38. The van der Waals surface area contributed by atoms with Gasteiger partial charge in [0.15, 0.2) is 0 Å². The number of azide groups is 1. The molecule has 1 aliphatic rings. The second kappa shape index (κ2) is 17.1. The average Bonchev–Trinajstić information content (AvgIpc) is 3.32. The van der Waals surface area contributed by atoms with E-state index in [-0.39, 0.29) is 18.5 Å². The van der Waals surface area contributed by atoms with Crippen LogP contribution in [0.3, 0.4) is 0 Å². The van der Waals surface area contributed by atoms with E-state index in [0.717, 1.165) is 36.5 Å². The lowest BCUT2D eigenvalue weighted by molar-refractivity contribution is -0.145. The summed E-state index contributed by atoms with van der Waals surface area (Å²) in [6, 6.07) is 13.7. The summed E-state index contributed by atoms with van der Waals surface area (Å²) < 4.78 is 33.1. The van der Waals surface area contributed by atoms with Crippen molar-refractivity contribution in [2.75, 3.05) is 59.4 Å². The Bertz CT molecular complexity index is 1030. The molecule has 0 unspecified atom stereocenters. The third-order valence-corrected chi connectivity index (χ3v) is 5.95. The van der Waals surface area contributed by atoms with Crippen molar-refractivity contribution in [2.24, 2.45) is 5.11 Å². The number of nitrogens with zero attached hydrogens (tertiary/aromatic N) is 3. The fourth-order valence-electron chi connectivity index (χ4n) is 4.17. The molecule has 0 aromatic heterocycles. The molecule has 2 aromatic carbocycles. The fourth-order valence-corrected chi connectivity index (χ4v) is 4.17. The summed E-state index contributed by atoms with van der Waals surface area (Å²) in [6.07, 6.45) is 2.98. The quantitative estimate of drug-likeness (QED) is 0.0805. The van der Waals surface area contributed by atoms with Crippen LogP contribution in [0.4, 0.5) is 0 Å². The van der Waals surface area contributed by atoms with Gasteiger partial charge in [-0.05, 0) is 78.7 Å². The van der Waals surface area contributed by atoms with Gasteiger partial charge in [0.2, 0.25) is 0 Å². The van der Waals surface area contributed by atoms with Crippen LogP contribution >= 0.6 is 0 Å². The van der Waals surface area contributed by atoms with Crippen LogP contribution in [0.1, 0.15) is 43.2 Å². The highest BCUT2D eigenvalue weighted by Crippen LogP contribution is 2.37. The molecule has 0 spiro atoms. The minimum absolute atomic E-state index is 0.166. The zero-order valence-corrected chi connectivity index (χ0v) is 22.0. The van der Waals surface area contributed by atoms with Crippen LogP contribution in [-0.2, 0) is 25.4 Å². The van der Waals surface area contributed by atoms with Crippen LogP contribution in [0.25, 0.3) is 10.4 Å². The summed E-state index contributed by atoms with van der Waals surface area (Å²) in [6.45, 7) is 5.72. The monoisotopic (exact) mass is 527 g/mol. The predicted molar refractivity (Wildman–Crippen MR) is 142 cm³/mol. The third-order valence-electron chi connectivity index (χ3n) is 5.95. The van der Waals surface area contributed by atoms with Crippen LogP contribution in [0.5, 0.6) is 17.2 Å². The van der Waals surface area contributed by atoms with E-state index in [2.05, 4.69) is 22.2 Å². The van der Waals surface area contributed by atoms with Crippen molar-refractivity contribution in [3.8, 4) is 17.2 Å². The van der Waals surface area contributed by atoms with Crippen LogP contribution in [0.15, 0.2) is 47.6 Å². The van der Waals surface area contributed by atoms with Gasteiger partial charge in [-0.25, -0.2) is 0 Å². The summed E-state index contributed by atoms with van der Waals surface area (Å²) in [4.78, 5) is 14.9. The first-order chi connectivity index (χ1) is 18.7. The van der Waals surface area contributed by atoms with E-state index in [9.17, 15) is 4.79 Å². The Morgan fingerprint density at radius 1 is 0.895 bits per heavy atom. The van der Waals surface area contributed by atoms with Gasteiger partial charge in [-0.2, -0.15) is 0 Å². The van der Waals surface area contributed by atoms with Crippen LogP contribution in [0, 0.1) is 0 Å². The summed E-state index contributed by atoms with van der Waals surface area (Å²) in [7, 11) is 0. The van der Waals surface area contributed by atoms with Gasteiger partial charge < -0.3 is 28.4 Å². The molecule has 206 valence electrons. The smallest absolute Gasteiger partial charge is 0.306 e. The molecule has 1 aliphatic carbocycles. The summed E-state index contributed by atoms with van der Waals surface area (Å²) >= 11 is 0. The Labute approximate surface area is 223 Å². The molecule has 0 N–H and O–H groups in total. The molecule has 0 heterocycles. The number of aryl methyl sites for hydroxylation is 1. The standard InChI is InChI=1S/C28H37N3O7/c1-2-35-24-6-8-25(9-7-24)36-13-3-14-37-26-10-11-27-22(20-26)4-5-23(27)21-28(32)38-19-18-34-17-16-33-15-12-30-31-29/h6-11,20,23H,2-5,12-19,21H2,1H3/t23-/m0/s1. The highest BCUT2D eigenvalue weighted by molar-refractivity contribution is 5.71. The lowest BCUT2D eigenvalue weighted by atomic mass is 9.98. The van der Waals surface area contributed by atoms with Gasteiger partial charge in [0.25, 0.3) is 0 Å². The Balaban J connectivity index is 1.27. The van der Waals surface area contributed by atoms with E-state index in [1.807, 2.05) is 37.3 Å². The van der Waals surface area contributed by atoms with Crippen molar-refractivity contribution < 1.29 is 33.2 Å². The van der Waals surface area contributed by atoms with Gasteiger partial charge in [0, 0.05) is 17.9 Å². The molecule has 10 heteroatoms. The first-order valence-electron chi connectivity index (χ1n) is 13.1. The van der Waals surface area contributed by atoms with E-state index >= 15 is 0 Å². The van der Waals surface area contributed by atoms with Crippen LogP contribution in [-0.4, -0.2) is 65.4 Å². The molecule has 10 nitrogen and oxygen atoms in total. The highest BCUT2D eigenvalue weighted by atomic mass is 16.6. The SMILES string of the molecule is CCOc1ccc(OCCCOc2ccc3c(c2)CC[C@H]3CC(=O)OCCOCCOCCN=[N+]=[N-])cc1. The molecule has 0 saturated heterocycles. The molecule has 0 amide bonds. The number of benzene rings is 2. The molecule has 0 aliphatic heterocycles. The topological polar surface area (TPSA) is 121 Å². The normalized spacial score (nSPS) is 13.9. The zero-order chi connectivity index (χ0) is 26.8. The number of rotatable bonds is 19. The van der Waals surface area contributed by atoms with Crippen LogP contribution < -0.4 is 14.2 Å². The van der Waals surface area contributed by atoms with E-state index in [0.29, 0.717) is 59.2 Å². The first-order valence-corrected chi connectivity index (χ1v) is 13.1. The maximum Gasteiger partial charge on any atom is 0.306 e. The van der Waals surface area contributed by atoms with Gasteiger partial charge in [-0.15, -0.1) is 0 Å². The van der Waals surface area contributed by atoms with E-state index in [4.69, 9.17) is 34.0 Å². The van der Waals surface area contributed by atoms with E-state index < -0.39 is 0 Å². The maximum absolute atomic E-state index is 12.3. The Morgan fingerprint density at radius 2 is 1.55 bits per heavy atom. The third kappa shape index (κ3) is 10.5. The fraction of sp³-hybridized carbons (Fsp3) is 0.536. The van der Waals surface area contributed by atoms with Crippen molar-refractivity contribution in [3.05, 3.63) is 64.0 Å². The van der Waals surface area contributed by atoms with Crippen molar-refractivity contribution in [2.45, 2.75) is 38.5 Å². The maximum atomic E-state index is 12.3. The lowest BCUT2D eigenvalue weighted by Crippen LogP contribution is -2.14. The molecule has 0 radical (unpaired) electrons. The first kappa shape index (κ1) is 29.1. The van der Waals surface area contributed by atoms with E-state index in [1.165, 1.54) is 11.1 Å². The van der Waals surface area contributed by atoms with Gasteiger partial charge in [0.1, 0.15) is 23.9 Å². The number of hydrogen-bond donors (Lipinski definition) is 0. The molecule has 0 bridgehead atoms. The van der Waals surface area contributed by atoms with Crippen molar-refractivity contribution in [3.63, 3.8) is 0 Å². The molecular formula is C28H37N3O7. The molecule has 0 saturated carbocycles. The number of fused-ring (bicyclic) bond motifs is 1. The predicted octanol–water partition coefficient (Wildman–Crippen LogP) is 5.24. The second-order valence-corrected chi connectivity index (χ2v) is 8.65. The van der Waals surface area contributed by atoms with Crippen molar-refractivity contribution >= 4 is 5.97 Å². The van der Waals surface area contributed by atoms with Crippen molar-refractivity contribution in [1.82, 2.24) is 0 Å². The average molecular weight is 528 g/mol. The largest absolute Gasteiger partial charge is 0.494 e. The Hall–Kier alpha value is -3.46. The number of ether oxygens (including phenoxy) is 6. The zero-order valence-electron chi connectivity index (χ0n) is 22.0. The number of carbonyl (C=O) groups is 1.